The molecular weight excluding hydrogens is 354 g/mol. The Hall–Kier alpha value is -2.34. The lowest BCUT2D eigenvalue weighted by Gasteiger charge is -2.39. The van der Waals surface area contributed by atoms with E-state index in [0.29, 0.717) is 12.1 Å². The second kappa shape index (κ2) is 7.00. The highest BCUT2D eigenvalue weighted by Gasteiger charge is 2.47. The maximum atomic E-state index is 13.5. The summed E-state index contributed by atoms with van der Waals surface area (Å²) in [4.78, 5) is 24.4. The average Bonchev–Trinajstić information content (AvgIpc) is 3.13. The van der Waals surface area contributed by atoms with Gasteiger partial charge in [-0.3, -0.25) is 4.79 Å². The molecule has 0 aromatic carbocycles. The largest absolute Gasteiger partial charge is 0.335 e. The lowest BCUT2D eigenvalue weighted by molar-refractivity contribution is -0.131. The van der Waals surface area contributed by atoms with Crippen LogP contribution in [0.25, 0.3) is 0 Å². The molecular formula is C18H22F2N6O. The Morgan fingerprint density at radius 1 is 1.30 bits per heavy atom. The number of carbonyl (C=O) groups excluding carboxylic acids is 1. The molecule has 1 aromatic rings. The summed E-state index contributed by atoms with van der Waals surface area (Å²) in [6.07, 6.45) is 6.74. The molecule has 7 nitrogen and oxygen atoms in total. The fraction of sp³-hybridized carbons (Fsp3) is 0.667. The molecule has 2 bridgehead atoms. The molecule has 0 spiro atoms. The van der Waals surface area contributed by atoms with Crippen molar-refractivity contribution in [2.24, 2.45) is 0 Å². The van der Waals surface area contributed by atoms with E-state index in [1.54, 1.807) is 18.5 Å². The first-order valence-corrected chi connectivity index (χ1v) is 9.32. The van der Waals surface area contributed by atoms with Gasteiger partial charge >= 0.3 is 0 Å². The highest BCUT2D eigenvalue weighted by molar-refractivity contribution is 5.79. The number of nitrogens with one attached hydrogen (secondary N) is 1. The van der Waals surface area contributed by atoms with Gasteiger partial charge in [0.25, 0.3) is 5.92 Å². The van der Waals surface area contributed by atoms with Crippen molar-refractivity contribution in [3.8, 4) is 6.07 Å². The predicted molar refractivity (Wildman–Crippen MR) is 93.0 cm³/mol. The van der Waals surface area contributed by atoms with Crippen molar-refractivity contribution in [3.63, 3.8) is 0 Å². The zero-order chi connectivity index (χ0) is 19.0. The maximum absolute atomic E-state index is 13.5. The van der Waals surface area contributed by atoms with Crippen molar-refractivity contribution in [3.05, 3.63) is 18.5 Å². The molecule has 1 N–H and O–H groups in total. The molecule has 3 fully saturated rings. The molecule has 1 amide bonds. The molecule has 144 valence electrons. The van der Waals surface area contributed by atoms with Crippen LogP contribution in [0, 0.1) is 11.3 Å². The van der Waals surface area contributed by atoms with E-state index >= 15 is 0 Å². The van der Waals surface area contributed by atoms with E-state index in [4.69, 9.17) is 5.26 Å². The normalized spacial score (nSPS) is 31.7. The van der Waals surface area contributed by atoms with Gasteiger partial charge in [0.15, 0.2) is 0 Å². The van der Waals surface area contributed by atoms with Gasteiger partial charge in [-0.25, -0.2) is 18.7 Å². The van der Waals surface area contributed by atoms with Crippen molar-refractivity contribution in [1.29, 1.82) is 5.26 Å². The number of amides is 1. The Balaban J connectivity index is 1.33. The smallest absolute Gasteiger partial charge is 0.268 e. The SMILES string of the molecule is N#CC1CC(F)(F)CN1C(=O)CNC1C[C@@H]2CC[C@@H](C1)N2c1ncccn1. The number of carbonyl (C=O) groups is 1. The van der Waals surface area contributed by atoms with E-state index in [0.717, 1.165) is 36.5 Å². The van der Waals surface area contributed by atoms with Crippen molar-refractivity contribution in [2.45, 2.75) is 62.2 Å². The first kappa shape index (κ1) is 18.0. The van der Waals surface area contributed by atoms with Gasteiger partial charge in [-0.15, -0.1) is 0 Å². The summed E-state index contributed by atoms with van der Waals surface area (Å²) in [7, 11) is 0. The Labute approximate surface area is 156 Å². The quantitative estimate of drug-likeness (QED) is 0.853. The molecule has 3 saturated heterocycles. The summed E-state index contributed by atoms with van der Waals surface area (Å²) in [5, 5.41) is 12.3. The molecule has 1 aromatic heterocycles. The standard InChI is InChI=1S/C18H22F2N6O/c19-18(20)8-15(9-21)25(11-18)16(27)10-24-12-6-13-2-3-14(7-12)26(13)17-22-4-1-5-23-17/h1,4-5,12-15,24H,2-3,6-8,10-11H2/t13-,14-,15?/m0/s1. The second-order valence-corrected chi connectivity index (χ2v) is 7.62. The summed E-state index contributed by atoms with van der Waals surface area (Å²) < 4.78 is 27.0. The van der Waals surface area contributed by atoms with Gasteiger partial charge in [0.2, 0.25) is 11.9 Å². The van der Waals surface area contributed by atoms with Crippen LogP contribution in [0.5, 0.6) is 0 Å². The lowest BCUT2D eigenvalue weighted by atomic mass is 9.97. The monoisotopic (exact) mass is 376 g/mol. The molecule has 3 aliphatic rings. The Morgan fingerprint density at radius 2 is 1.96 bits per heavy atom. The highest BCUT2D eigenvalue weighted by atomic mass is 19.3. The van der Waals surface area contributed by atoms with Crippen LogP contribution < -0.4 is 10.2 Å². The van der Waals surface area contributed by atoms with E-state index in [-0.39, 0.29) is 12.6 Å². The van der Waals surface area contributed by atoms with Gasteiger partial charge in [0.05, 0.1) is 19.2 Å². The Morgan fingerprint density at radius 3 is 2.59 bits per heavy atom. The molecule has 27 heavy (non-hydrogen) atoms. The van der Waals surface area contributed by atoms with E-state index in [2.05, 4.69) is 20.2 Å². The van der Waals surface area contributed by atoms with Crippen LogP contribution >= 0.6 is 0 Å². The van der Waals surface area contributed by atoms with Gasteiger partial charge in [0.1, 0.15) is 6.04 Å². The minimum atomic E-state index is -2.98. The number of aromatic nitrogens is 2. The van der Waals surface area contributed by atoms with Crippen LogP contribution in [0.2, 0.25) is 0 Å². The number of nitriles is 1. The highest BCUT2D eigenvalue weighted by Crippen LogP contribution is 2.37. The molecule has 1 unspecified atom stereocenters. The Kier molecular flexibility index (Phi) is 4.68. The maximum Gasteiger partial charge on any atom is 0.268 e. The van der Waals surface area contributed by atoms with Gasteiger partial charge in [0, 0.05) is 36.9 Å². The topological polar surface area (TPSA) is 85.2 Å². The summed E-state index contributed by atoms with van der Waals surface area (Å²) in [5.74, 6) is -2.66. The molecule has 3 aliphatic heterocycles. The minimum absolute atomic E-state index is 0.0137. The molecule has 3 atom stereocenters. The number of rotatable bonds is 4. The number of hydrogen-bond acceptors (Lipinski definition) is 6. The number of fused-ring (bicyclic) bond motifs is 2. The zero-order valence-electron chi connectivity index (χ0n) is 14.9. The first-order valence-electron chi connectivity index (χ1n) is 9.32. The number of hydrogen-bond donors (Lipinski definition) is 1. The van der Waals surface area contributed by atoms with Gasteiger partial charge in [-0.1, -0.05) is 0 Å². The lowest BCUT2D eigenvalue weighted by Crippen LogP contribution is -2.52. The number of halogens is 2. The van der Waals surface area contributed by atoms with Gasteiger partial charge in [-0.05, 0) is 31.7 Å². The van der Waals surface area contributed by atoms with Crippen molar-refractivity contribution in [2.75, 3.05) is 18.0 Å². The fourth-order valence-electron chi connectivity index (χ4n) is 4.62. The van der Waals surface area contributed by atoms with E-state index in [9.17, 15) is 13.6 Å². The van der Waals surface area contributed by atoms with Crippen molar-refractivity contribution < 1.29 is 13.6 Å². The van der Waals surface area contributed by atoms with Crippen LogP contribution in [0.1, 0.15) is 32.1 Å². The zero-order valence-corrected chi connectivity index (χ0v) is 14.9. The predicted octanol–water partition coefficient (Wildman–Crippen LogP) is 1.33. The number of piperidine rings is 1. The van der Waals surface area contributed by atoms with Crippen LogP contribution in [-0.2, 0) is 4.79 Å². The van der Waals surface area contributed by atoms with Crippen LogP contribution in [0.4, 0.5) is 14.7 Å². The summed E-state index contributed by atoms with van der Waals surface area (Å²) in [6.45, 7) is -0.680. The van der Waals surface area contributed by atoms with Crippen LogP contribution in [0.3, 0.4) is 0 Å². The summed E-state index contributed by atoms with van der Waals surface area (Å²) >= 11 is 0. The molecule has 0 saturated carbocycles. The van der Waals surface area contributed by atoms with Gasteiger partial charge < -0.3 is 15.1 Å². The number of alkyl halides is 2. The third-order valence-electron chi connectivity index (χ3n) is 5.80. The molecule has 4 rings (SSSR count). The third kappa shape index (κ3) is 3.58. The van der Waals surface area contributed by atoms with E-state index in [1.165, 1.54) is 0 Å². The first-order chi connectivity index (χ1) is 13.0. The number of anilines is 1. The van der Waals surface area contributed by atoms with E-state index in [1.807, 2.05) is 6.07 Å². The van der Waals surface area contributed by atoms with Gasteiger partial charge in [-0.2, -0.15) is 5.26 Å². The average molecular weight is 376 g/mol. The van der Waals surface area contributed by atoms with Crippen molar-refractivity contribution in [1.82, 2.24) is 20.2 Å². The third-order valence-corrected chi connectivity index (χ3v) is 5.80. The fourth-order valence-corrected chi connectivity index (χ4v) is 4.62. The molecule has 0 aliphatic carbocycles. The minimum Gasteiger partial charge on any atom is -0.335 e. The second-order valence-electron chi connectivity index (χ2n) is 7.62. The number of likely N-dealkylation sites (tertiary alicyclic amines) is 1. The molecule has 9 heteroatoms. The van der Waals surface area contributed by atoms with Crippen LogP contribution in [-0.4, -0.2) is 64.0 Å². The Bertz CT molecular complexity index is 725. The summed E-state index contributed by atoms with van der Waals surface area (Å²) in [5.41, 5.74) is 0. The van der Waals surface area contributed by atoms with Crippen molar-refractivity contribution >= 4 is 11.9 Å². The van der Waals surface area contributed by atoms with Crippen LogP contribution in [0.15, 0.2) is 18.5 Å². The number of nitrogens with zero attached hydrogens (tertiary/aromatic N) is 5. The molecule has 4 heterocycles. The summed E-state index contributed by atoms with van der Waals surface area (Å²) in [6, 6.07) is 3.36. The van der Waals surface area contributed by atoms with E-state index < -0.39 is 30.8 Å². The molecule has 0 radical (unpaired) electrons.